The van der Waals surface area contributed by atoms with Gasteiger partial charge in [-0.3, -0.25) is 4.90 Å². The molecule has 1 atom stereocenters. The summed E-state index contributed by atoms with van der Waals surface area (Å²) in [7, 11) is 0. The minimum absolute atomic E-state index is 0.354. The molecule has 1 N–H and O–H groups in total. The Morgan fingerprint density at radius 3 is 2.62 bits per heavy atom. The first-order chi connectivity index (χ1) is 11.8. The van der Waals surface area contributed by atoms with Gasteiger partial charge in [0.15, 0.2) is 0 Å². The Balaban J connectivity index is 1.53. The molecule has 3 nitrogen and oxygen atoms in total. The molecular formula is C21H28N2O. The van der Waals surface area contributed by atoms with Crippen LogP contribution in [0, 0.1) is 0 Å². The standard InChI is InChI=1S/C21H28N2O/c1-2-19-17-22(13-7-10-18-8-4-3-5-9-18)14-15-23(19)20-11-6-12-21(24)16-20/h3-6,8-9,11-12,16,19,24H,2,7,10,13-15,17H2,1H3. The van der Waals surface area contributed by atoms with Crippen LogP contribution in [0.4, 0.5) is 5.69 Å². The van der Waals surface area contributed by atoms with Crippen LogP contribution >= 0.6 is 0 Å². The molecule has 0 spiro atoms. The molecule has 0 aliphatic carbocycles. The number of phenols is 1. The SMILES string of the molecule is CCC1CN(CCCc2ccccc2)CCN1c1cccc(O)c1. The lowest BCUT2D eigenvalue weighted by atomic mass is 10.1. The highest BCUT2D eigenvalue weighted by Crippen LogP contribution is 2.25. The summed E-state index contributed by atoms with van der Waals surface area (Å²) in [6, 6.07) is 18.9. The zero-order valence-corrected chi connectivity index (χ0v) is 14.6. The highest BCUT2D eigenvalue weighted by atomic mass is 16.3. The first-order valence-electron chi connectivity index (χ1n) is 9.08. The fourth-order valence-corrected chi connectivity index (χ4v) is 3.64. The molecule has 3 heteroatoms. The summed E-state index contributed by atoms with van der Waals surface area (Å²) in [6.45, 7) is 6.67. The molecule has 1 fully saturated rings. The molecule has 1 heterocycles. The number of anilines is 1. The molecular weight excluding hydrogens is 296 g/mol. The van der Waals surface area contributed by atoms with Crippen LogP contribution in [0.25, 0.3) is 0 Å². The summed E-state index contributed by atoms with van der Waals surface area (Å²) in [5.74, 6) is 0.354. The monoisotopic (exact) mass is 324 g/mol. The number of hydrogen-bond donors (Lipinski definition) is 1. The van der Waals surface area contributed by atoms with Gasteiger partial charge in [0, 0.05) is 37.4 Å². The molecule has 0 saturated carbocycles. The molecule has 0 aromatic heterocycles. The lowest BCUT2D eigenvalue weighted by molar-refractivity contribution is 0.217. The van der Waals surface area contributed by atoms with Gasteiger partial charge in [-0.15, -0.1) is 0 Å². The van der Waals surface area contributed by atoms with E-state index in [0.29, 0.717) is 11.8 Å². The van der Waals surface area contributed by atoms with E-state index < -0.39 is 0 Å². The van der Waals surface area contributed by atoms with Crippen molar-refractivity contribution < 1.29 is 5.11 Å². The van der Waals surface area contributed by atoms with Gasteiger partial charge in [-0.2, -0.15) is 0 Å². The Morgan fingerprint density at radius 2 is 1.88 bits per heavy atom. The number of piperazine rings is 1. The number of nitrogens with zero attached hydrogens (tertiary/aromatic N) is 2. The van der Waals surface area contributed by atoms with Crippen LogP contribution in [0.15, 0.2) is 54.6 Å². The van der Waals surface area contributed by atoms with Gasteiger partial charge in [-0.05, 0) is 43.5 Å². The van der Waals surface area contributed by atoms with Crippen LogP contribution in [0.3, 0.4) is 0 Å². The van der Waals surface area contributed by atoms with Gasteiger partial charge < -0.3 is 10.0 Å². The first-order valence-corrected chi connectivity index (χ1v) is 9.08. The van der Waals surface area contributed by atoms with E-state index in [1.807, 2.05) is 12.1 Å². The highest BCUT2D eigenvalue weighted by molar-refractivity contribution is 5.51. The van der Waals surface area contributed by atoms with Crippen LogP contribution < -0.4 is 4.90 Å². The smallest absolute Gasteiger partial charge is 0.117 e. The van der Waals surface area contributed by atoms with Crippen molar-refractivity contribution in [3.05, 3.63) is 60.2 Å². The molecule has 1 saturated heterocycles. The number of rotatable bonds is 6. The fraction of sp³-hybridized carbons (Fsp3) is 0.429. The van der Waals surface area contributed by atoms with Crippen LogP contribution in [0.1, 0.15) is 25.3 Å². The van der Waals surface area contributed by atoms with Crippen molar-refractivity contribution in [1.29, 1.82) is 0 Å². The molecule has 1 aliphatic heterocycles. The normalized spacial score (nSPS) is 18.7. The summed E-state index contributed by atoms with van der Waals surface area (Å²) >= 11 is 0. The van der Waals surface area contributed by atoms with Crippen LogP contribution in [0.2, 0.25) is 0 Å². The van der Waals surface area contributed by atoms with E-state index >= 15 is 0 Å². The molecule has 128 valence electrons. The van der Waals surface area contributed by atoms with Crippen molar-refractivity contribution in [2.75, 3.05) is 31.1 Å². The van der Waals surface area contributed by atoms with Crippen molar-refractivity contribution in [1.82, 2.24) is 4.90 Å². The van der Waals surface area contributed by atoms with E-state index in [1.54, 1.807) is 6.07 Å². The van der Waals surface area contributed by atoms with Crippen molar-refractivity contribution in [3.8, 4) is 5.75 Å². The molecule has 0 bridgehead atoms. The summed E-state index contributed by atoms with van der Waals surface area (Å²) < 4.78 is 0. The van der Waals surface area contributed by atoms with E-state index in [4.69, 9.17) is 0 Å². The van der Waals surface area contributed by atoms with Crippen molar-refractivity contribution >= 4 is 5.69 Å². The maximum atomic E-state index is 9.74. The fourth-order valence-electron chi connectivity index (χ4n) is 3.64. The Kier molecular flexibility index (Phi) is 5.76. The molecule has 3 rings (SSSR count). The molecule has 1 aliphatic rings. The predicted molar refractivity (Wildman–Crippen MR) is 101 cm³/mol. The average Bonchev–Trinajstić information content (AvgIpc) is 2.62. The van der Waals surface area contributed by atoms with Gasteiger partial charge in [0.05, 0.1) is 0 Å². The second-order valence-electron chi connectivity index (χ2n) is 6.67. The van der Waals surface area contributed by atoms with E-state index in [1.165, 1.54) is 18.5 Å². The highest BCUT2D eigenvalue weighted by Gasteiger charge is 2.25. The van der Waals surface area contributed by atoms with Gasteiger partial charge in [-0.25, -0.2) is 0 Å². The first kappa shape index (κ1) is 16.8. The average molecular weight is 324 g/mol. The second-order valence-corrected chi connectivity index (χ2v) is 6.67. The molecule has 24 heavy (non-hydrogen) atoms. The summed E-state index contributed by atoms with van der Waals surface area (Å²) in [6.07, 6.45) is 3.50. The summed E-state index contributed by atoms with van der Waals surface area (Å²) in [4.78, 5) is 5.05. The molecule has 2 aromatic rings. The lowest BCUT2D eigenvalue weighted by Crippen LogP contribution is -2.53. The van der Waals surface area contributed by atoms with E-state index in [-0.39, 0.29) is 0 Å². The van der Waals surface area contributed by atoms with Gasteiger partial charge in [-0.1, -0.05) is 43.3 Å². The topological polar surface area (TPSA) is 26.7 Å². The van der Waals surface area contributed by atoms with Crippen molar-refractivity contribution in [2.24, 2.45) is 0 Å². The maximum absolute atomic E-state index is 9.74. The lowest BCUT2D eigenvalue weighted by Gasteiger charge is -2.42. The molecule has 1 unspecified atom stereocenters. The van der Waals surface area contributed by atoms with Gasteiger partial charge >= 0.3 is 0 Å². The zero-order valence-electron chi connectivity index (χ0n) is 14.6. The van der Waals surface area contributed by atoms with E-state index in [0.717, 1.165) is 38.2 Å². The molecule has 0 radical (unpaired) electrons. The minimum Gasteiger partial charge on any atom is -0.508 e. The van der Waals surface area contributed by atoms with E-state index in [2.05, 4.69) is 53.1 Å². The Hall–Kier alpha value is -2.00. The van der Waals surface area contributed by atoms with Gasteiger partial charge in [0.1, 0.15) is 5.75 Å². The largest absolute Gasteiger partial charge is 0.508 e. The van der Waals surface area contributed by atoms with Gasteiger partial charge in [0.2, 0.25) is 0 Å². The molecule has 0 amide bonds. The maximum Gasteiger partial charge on any atom is 0.117 e. The minimum atomic E-state index is 0.354. The van der Waals surface area contributed by atoms with E-state index in [9.17, 15) is 5.11 Å². The van der Waals surface area contributed by atoms with Crippen LogP contribution in [-0.2, 0) is 6.42 Å². The van der Waals surface area contributed by atoms with Crippen molar-refractivity contribution in [2.45, 2.75) is 32.2 Å². The second kappa shape index (κ2) is 8.20. The quantitative estimate of drug-likeness (QED) is 0.872. The van der Waals surface area contributed by atoms with Crippen molar-refractivity contribution in [3.63, 3.8) is 0 Å². The van der Waals surface area contributed by atoms with Crippen LogP contribution in [0.5, 0.6) is 5.75 Å². The number of phenolic OH excluding ortho intramolecular Hbond substituents is 1. The Bertz CT molecular complexity index is 629. The third-order valence-corrected chi connectivity index (χ3v) is 4.98. The number of aromatic hydroxyl groups is 1. The zero-order chi connectivity index (χ0) is 16.8. The predicted octanol–water partition coefficient (Wildman–Crippen LogP) is 3.93. The Morgan fingerprint density at radius 1 is 1.04 bits per heavy atom. The van der Waals surface area contributed by atoms with Gasteiger partial charge in [0.25, 0.3) is 0 Å². The number of hydrogen-bond acceptors (Lipinski definition) is 3. The third-order valence-electron chi connectivity index (χ3n) is 4.98. The summed E-state index contributed by atoms with van der Waals surface area (Å²) in [5, 5.41) is 9.74. The Labute approximate surface area is 145 Å². The molecule has 2 aromatic carbocycles. The van der Waals surface area contributed by atoms with Crippen LogP contribution in [-0.4, -0.2) is 42.2 Å². The summed E-state index contributed by atoms with van der Waals surface area (Å²) in [5.41, 5.74) is 2.58. The third kappa shape index (κ3) is 4.30. The number of aryl methyl sites for hydroxylation is 1. The number of benzene rings is 2.